The molecule has 3 rings (SSSR count). The maximum atomic E-state index is 4.46. The fourth-order valence-electron chi connectivity index (χ4n) is 3.11. The summed E-state index contributed by atoms with van der Waals surface area (Å²) in [4.78, 5) is 8.98. The van der Waals surface area contributed by atoms with Crippen molar-refractivity contribution in [3.63, 3.8) is 0 Å². The molecule has 4 nitrogen and oxygen atoms in total. The molecule has 1 aliphatic rings. The quantitative estimate of drug-likeness (QED) is 0.694. The van der Waals surface area contributed by atoms with Crippen molar-refractivity contribution in [2.24, 2.45) is 4.99 Å². The largest absolute Gasteiger partial charge is 0.375 e. The van der Waals surface area contributed by atoms with Crippen LogP contribution in [0, 0.1) is 0 Å². The van der Waals surface area contributed by atoms with Crippen molar-refractivity contribution in [1.82, 2.24) is 4.90 Å². The van der Waals surface area contributed by atoms with Crippen LogP contribution in [-0.4, -0.2) is 51.9 Å². The first kappa shape index (κ1) is 19.6. The molecule has 142 valence electrons. The maximum absolute atomic E-state index is 4.46. The lowest BCUT2D eigenvalue weighted by Crippen LogP contribution is -2.23. The molecule has 0 fully saturated rings. The summed E-state index contributed by atoms with van der Waals surface area (Å²) in [5.74, 6) is 0. The lowest BCUT2D eigenvalue weighted by atomic mass is 9.99. The molecule has 0 saturated heterocycles. The van der Waals surface area contributed by atoms with Crippen LogP contribution in [0.5, 0.6) is 0 Å². The van der Waals surface area contributed by atoms with E-state index in [1.165, 1.54) is 16.8 Å². The molecule has 1 N–H and O–H groups in total. The van der Waals surface area contributed by atoms with Crippen LogP contribution < -0.4 is 10.2 Å². The number of halogens is 1. The summed E-state index contributed by atoms with van der Waals surface area (Å²) in [5.41, 5.74) is 5.90. The highest BCUT2D eigenvalue weighted by Crippen LogP contribution is 2.26. The van der Waals surface area contributed by atoms with E-state index in [9.17, 15) is 0 Å². The number of hydrogen-bond acceptors (Lipinski definition) is 4. The minimum atomic E-state index is 0.698. The van der Waals surface area contributed by atoms with E-state index in [2.05, 4.69) is 106 Å². The van der Waals surface area contributed by atoms with Crippen LogP contribution in [-0.2, 0) is 0 Å². The zero-order valence-electron chi connectivity index (χ0n) is 16.2. The molecule has 27 heavy (non-hydrogen) atoms. The predicted octanol–water partition coefficient (Wildman–Crippen LogP) is 4.72. The smallest absolute Gasteiger partial charge is 0.0660 e. The Bertz CT molecular complexity index is 825. The van der Waals surface area contributed by atoms with Gasteiger partial charge in [0.1, 0.15) is 0 Å². The number of anilines is 2. The fourth-order valence-corrected chi connectivity index (χ4v) is 3.47. The van der Waals surface area contributed by atoms with Crippen molar-refractivity contribution >= 4 is 39.1 Å². The Hall–Kier alpha value is -2.11. The van der Waals surface area contributed by atoms with Crippen molar-refractivity contribution in [1.29, 1.82) is 0 Å². The number of rotatable bonds is 7. The number of nitrogens with zero attached hydrogens (tertiary/aromatic N) is 3. The Labute approximate surface area is 170 Å². The molecule has 0 bridgehead atoms. The van der Waals surface area contributed by atoms with Crippen molar-refractivity contribution < 1.29 is 0 Å². The Kier molecular flexibility index (Phi) is 6.69. The van der Waals surface area contributed by atoms with Gasteiger partial charge in [-0.3, -0.25) is 4.99 Å². The Balaban J connectivity index is 1.63. The van der Waals surface area contributed by atoms with Crippen LogP contribution in [0.1, 0.15) is 17.5 Å². The van der Waals surface area contributed by atoms with E-state index in [0.29, 0.717) is 6.54 Å². The molecule has 5 heteroatoms. The molecule has 0 unspecified atom stereocenters. The minimum Gasteiger partial charge on any atom is -0.375 e. The van der Waals surface area contributed by atoms with Crippen molar-refractivity contribution in [3.05, 3.63) is 64.3 Å². The first-order valence-corrected chi connectivity index (χ1v) is 10.0. The first-order chi connectivity index (χ1) is 13.0. The third kappa shape index (κ3) is 5.44. The summed E-state index contributed by atoms with van der Waals surface area (Å²) in [6.45, 7) is 2.86. The number of benzene rings is 2. The second-order valence-corrected chi connectivity index (χ2v) is 8.06. The average molecular weight is 427 g/mol. The Morgan fingerprint density at radius 1 is 1.07 bits per heavy atom. The summed E-state index contributed by atoms with van der Waals surface area (Å²) in [6, 6.07) is 14.9. The molecule has 0 aliphatic carbocycles. The summed E-state index contributed by atoms with van der Waals surface area (Å²) >= 11 is 3.56. The third-order valence-corrected chi connectivity index (χ3v) is 5.17. The molecule has 0 amide bonds. The van der Waals surface area contributed by atoms with Crippen LogP contribution in [0.4, 0.5) is 11.4 Å². The van der Waals surface area contributed by atoms with Gasteiger partial charge in [-0.15, -0.1) is 0 Å². The number of nitrogens with one attached hydrogen (secondary N) is 1. The fraction of sp³-hybridized carbons (Fsp3) is 0.318. The highest BCUT2D eigenvalue weighted by molar-refractivity contribution is 9.10. The molecular formula is C22H27BrN4. The highest BCUT2D eigenvalue weighted by Gasteiger charge is 2.11. The van der Waals surface area contributed by atoms with Gasteiger partial charge in [-0.05, 0) is 80.2 Å². The van der Waals surface area contributed by atoms with E-state index < -0.39 is 0 Å². The van der Waals surface area contributed by atoms with Crippen LogP contribution in [0.3, 0.4) is 0 Å². The molecular weight excluding hydrogens is 400 g/mol. The van der Waals surface area contributed by atoms with Gasteiger partial charge >= 0.3 is 0 Å². The maximum Gasteiger partial charge on any atom is 0.0660 e. The molecule has 0 radical (unpaired) electrons. The number of hydrogen-bond donors (Lipinski definition) is 1. The van der Waals surface area contributed by atoms with Gasteiger partial charge in [-0.2, -0.15) is 0 Å². The Morgan fingerprint density at radius 2 is 1.85 bits per heavy atom. The van der Waals surface area contributed by atoms with Crippen molar-refractivity contribution in [2.75, 3.05) is 51.0 Å². The van der Waals surface area contributed by atoms with Crippen molar-refractivity contribution in [3.8, 4) is 0 Å². The van der Waals surface area contributed by atoms with Gasteiger partial charge in [0.15, 0.2) is 0 Å². The lowest BCUT2D eigenvalue weighted by molar-refractivity contribution is 0.401. The summed E-state index contributed by atoms with van der Waals surface area (Å²) in [7, 11) is 6.38. The van der Waals surface area contributed by atoms with Gasteiger partial charge < -0.3 is 15.1 Å². The van der Waals surface area contributed by atoms with Gasteiger partial charge in [0.2, 0.25) is 0 Å². The van der Waals surface area contributed by atoms with Crippen molar-refractivity contribution in [2.45, 2.75) is 6.42 Å². The molecule has 0 spiro atoms. The Morgan fingerprint density at radius 3 is 2.59 bits per heavy atom. The van der Waals surface area contributed by atoms with Crippen LogP contribution in [0.25, 0.3) is 5.57 Å². The lowest BCUT2D eigenvalue weighted by Gasteiger charge is -2.21. The normalized spacial score (nSPS) is 14.5. The second-order valence-electron chi connectivity index (χ2n) is 7.14. The summed E-state index contributed by atoms with van der Waals surface area (Å²) < 4.78 is 1.09. The van der Waals surface area contributed by atoms with E-state index in [4.69, 9.17) is 0 Å². The van der Waals surface area contributed by atoms with Crippen LogP contribution in [0.2, 0.25) is 0 Å². The molecule has 0 atom stereocenters. The predicted molar refractivity (Wildman–Crippen MR) is 121 cm³/mol. The molecule has 1 aliphatic heterocycles. The zero-order valence-corrected chi connectivity index (χ0v) is 17.8. The SMILES string of the molecule is CN(C)CCCN(C)c1ccc(N/C=C2\CN=Cc3ccc(Br)cc32)cc1. The first-order valence-electron chi connectivity index (χ1n) is 9.24. The van der Waals surface area contributed by atoms with Crippen LogP contribution >= 0.6 is 15.9 Å². The molecule has 0 aromatic heterocycles. The third-order valence-electron chi connectivity index (χ3n) is 4.67. The second kappa shape index (κ2) is 9.20. The van der Waals surface area contributed by atoms with Gasteiger partial charge in [0.05, 0.1) is 6.54 Å². The molecule has 2 aromatic carbocycles. The van der Waals surface area contributed by atoms with Crippen LogP contribution in [0.15, 0.2) is 58.1 Å². The van der Waals surface area contributed by atoms with E-state index >= 15 is 0 Å². The van der Waals surface area contributed by atoms with E-state index in [-0.39, 0.29) is 0 Å². The summed E-state index contributed by atoms with van der Waals surface area (Å²) in [5, 5.41) is 3.42. The number of fused-ring (bicyclic) bond motifs is 1. The topological polar surface area (TPSA) is 30.9 Å². The van der Waals surface area contributed by atoms with Gasteiger partial charge in [0.25, 0.3) is 0 Å². The molecule has 0 saturated carbocycles. The summed E-state index contributed by atoms with van der Waals surface area (Å²) in [6.07, 6.45) is 5.17. The standard InChI is InChI=1S/C22H27BrN4/c1-26(2)11-4-12-27(3)21-9-7-20(8-10-21)25-16-18-15-24-14-17-5-6-19(23)13-22(17)18/h5-10,13-14,16,25H,4,11-12,15H2,1-3H3/b18-16+. The van der Waals surface area contributed by atoms with Gasteiger partial charge in [0, 0.05) is 41.9 Å². The average Bonchev–Trinajstić information content (AvgIpc) is 2.66. The van der Waals surface area contributed by atoms with Gasteiger partial charge in [-0.1, -0.05) is 22.0 Å². The highest BCUT2D eigenvalue weighted by atomic mass is 79.9. The minimum absolute atomic E-state index is 0.698. The molecule has 2 aromatic rings. The van der Waals surface area contributed by atoms with Gasteiger partial charge in [-0.25, -0.2) is 0 Å². The molecule has 1 heterocycles. The monoisotopic (exact) mass is 426 g/mol. The van der Waals surface area contributed by atoms with E-state index in [0.717, 1.165) is 35.2 Å². The zero-order chi connectivity index (χ0) is 19.2. The number of aliphatic imine (C=N–C) groups is 1. The van der Waals surface area contributed by atoms with E-state index in [1.807, 2.05) is 6.21 Å². The van der Waals surface area contributed by atoms with E-state index in [1.54, 1.807) is 0 Å².